The topological polar surface area (TPSA) is 8.17 Å². The lowest BCUT2D eigenvalue weighted by molar-refractivity contribution is 0.769. The van der Waals surface area contributed by atoms with Crippen LogP contribution in [-0.4, -0.2) is 4.57 Å². The van der Waals surface area contributed by atoms with Crippen molar-refractivity contribution >= 4 is 81.1 Å². The van der Waals surface area contributed by atoms with Gasteiger partial charge in [0.05, 0.1) is 16.4 Å². The summed E-state index contributed by atoms with van der Waals surface area (Å²) in [5.41, 5.74) is 18.8. The zero-order valence-corrected chi connectivity index (χ0v) is 41.2. The van der Waals surface area contributed by atoms with Crippen molar-refractivity contribution in [3.8, 4) is 39.1 Å². The fourth-order valence-electron chi connectivity index (χ4n) is 12.4. The molecule has 0 amide bonds. The number of anilines is 3. The molecule has 2 heterocycles. The molecule has 346 valence electrons. The highest BCUT2D eigenvalue weighted by molar-refractivity contribution is 7.27. The lowest BCUT2D eigenvalue weighted by atomic mass is 9.67. The van der Waals surface area contributed by atoms with E-state index in [0.29, 0.717) is 0 Å². The Kier molecular flexibility index (Phi) is 9.70. The molecule has 2 nitrogen and oxygen atoms in total. The van der Waals surface area contributed by atoms with Crippen molar-refractivity contribution in [3.05, 3.63) is 301 Å². The van der Waals surface area contributed by atoms with Crippen LogP contribution in [-0.2, 0) is 5.41 Å². The second-order valence-electron chi connectivity index (χ2n) is 19.6. The first-order chi connectivity index (χ1) is 36.7. The maximum Gasteiger partial charge on any atom is 0.0713 e. The van der Waals surface area contributed by atoms with Crippen molar-refractivity contribution in [1.29, 1.82) is 0 Å². The number of aromatic nitrogens is 1. The van der Waals surface area contributed by atoms with Crippen molar-refractivity contribution in [2.24, 2.45) is 0 Å². The largest absolute Gasteiger partial charge is 0.310 e. The number of hydrogen-bond acceptors (Lipinski definition) is 2. The molecule has 12 aromatic carbocycles. The molecule has 0 spiro atoms. The van der Waals surface area contributed by atoms with Crippen LogP contribution in [0.5, 0.6) is 0 Å². The Morgan fingerprint density at radius 1 is 0.311 bits per heavy atom. The van der Waals surface area contributed by atoms with E-state index >= 15 is 0 Å². The Bertz CT molecular complexity index is 4420. The van der Waals surface area contributed by atoms with Crippen LogP contribution in [0.2, 0.25) is 0 Å². The Labute approximate surface area is 433 Å². The molecular weight excluding hydrogens is 913 g/mol. The molecule has 0 saturated heterocycles. The van der Waals surface area contributed by atoms with Gasteiger partial charge in [0, 0.05) is 53.7 Å². The molecule has 1 aliphatic rings. The number of rotatable bonds is 8. The average Bonchev–Trinajstić information content (AvgIpc) is 4.13. The second-order valence-corrected chi connectivity index (χ2v) is 20.6. The standard InChI is InChI=1S/C71H46N2S/c1-4-18-51(19-5-1)71(52-20-6-2-7-21-52)65-29-14-12-25-59(65)60-42-36-50(45-66(60)71)47-31-37-54(38-32-47)72(56-41-44-62-61-26-13-15-30-67(61)73(68(62)46-56)53-22-8-3-9-23-53)55-39-33-49(34-40-55)58-27-16-28-63-64-43-35-48-17-10-11-24-57(48)70(64)74-69(58)63/h1-46H. The lowest BCUT2D eigenvalue weighted by Gasteiger charge is -2.34. The van der Waals surface area contributed by atoms with Crippen molar-refractivity contribution in [1.82, 2.24) is 4.57 Å². The van der Waals surface area contributed by atoms with E-state index < -0.39 is 5.41 Å². The summed E-state index contributed by atoms with van der Waals surface area (Å²) in [5.74, 6) is 0. The third kappa shape index (κ3) is 6.43. The smallest absolute Gasteiger partial charge is 0.0713 e. The lowest BCUT2D eigenvalue weighted by Crippen LogP contribution is -2.28. The molecule has 1 aliphatic carbocycles. The highest BCUT2D eigenvalue weighted by Gasteiger charge is 2.46. The number of nitrogens with zero attached hydrogens (tertiary/aromatic N) is 2. The van der Waals surface area contributed by atoms with E-state index in [4.69, 9.17) is 0 Å². The van der Waals surface area contributed by atoms with Gasteiger partial charge in [-0.3, -0.25) is 0 Å². The van der Waals surface area contributed by atoms with Gasteiger partial charge < -0.3 is 9.47 Å². The molecule has 15 rings (SSSR count). The highest BCUT2D eigenvalue weighted by atomic mass is 32.1. The molecular formula is C71H46N2S. The molecule has 0 saturated carbocycles. The summed E-state index contributed by atoms with van der Waals surface area (Å²) < 4.78 is 5.07. The minimum atomic E-state index is -0.467. The third-order valence-corrected chi connectivity index (χ3v) is 17.0. The van der Waals surface area contributed by atoms with E-state index in [1.165, 1.54) is 103 Å². The van der Waals surface area contributed by atoms with Gasteiger partial charge in [0.15, 0.2) is 0 Å². The summed E-state index contributed by atoms with van der Waals surface area (Å²) in [7, 11) is 0. The normalized spacial score (nSPS) is 12.7. The van der Waals surface area contributed by atoms with Crippen LogP contribution < -0.4 is 4.90 Å². The molecule has 0 N–H and O–H groups in total. The van der Waals surface area contributed by atoms with Gasteiger partial charge in [-0.2, -0.15) is 0 Å². The molecule has 74 heavy (non-hydrogen) atoms. The zero-order valence-electron chi connectivity index (χ0n) is 40.4. The van der Waals surface area contributed by atoms with E-state index in [-0.39, 0.29) is 0 Å². The first-order valence-electron chi connectivity index (χ1n) is 25.5. The minimum absolute atomic E-state index is 0.467. The molecule has 0 bridgehead atoms. The molecule has 2 aromatic heterocycles. The maximum atomic E-state index is 2.46. The number of para-hydroxylation sites is 2. The average molecular weight is 959 g/mol. The number of hydrogen-bond donors (Lipinski definition) is 0. The summed E-state index contributed by atoms with van der Waals surface area (Å²) >= 11 is 1.91. The summed E-state index contributed by atoms with van der Waals surface area (Å²) in [5, 5.41) is 7.68. The molecule has 3 heteroatoms. The molecule has 0 radical (unpaired) electrons. The van der Waals surface area contributed by atoms with E-state index in [0.717, 1.165) is 28.3 Å². The fourth-order valence-corrected chi connectivity index (χ4v) is 13.7. The zero-order chi connectivity index (χ0) is 48.7. The number of benzene rings is 12. The van der Waals surface area contributed by atoms with E-state index in [1.54, 1.807) is 0 Å². The van der Waals surface area contributed by atoms with Crippen molar-refractivity contribution in [2.75, 3.05) is 4.90 Å². The van der Waals surface area contributed by atoms with Gasteiger partial charge in [-0.1, -0.05) is 218 Å². The Morgan fingerprint density at radius 3 is 1.61 bits per heavy atom. The molecule has 0 aliphatic heterocycles. The summed E-state index contributed by atoms with van der Waals surface area (Å²) in [6.07, 6.45) is 0. The Hall–Kier alpha value is -9.28. The first kappa shape index (κ1) is 42.4. The van der Waals surface area contributed by atoms with Gasteiger partial charge in [-0.05, 0) is 127 Å². The number of fused-ring (bicyclic) bond motifs is 11. The van der Waals surface area contributed by atoms with E-state index in [2.05, 4.69) is 289 Å². The van der Waals surface area contributed by atoms with Gasteiger partial charge in [0.1, 0.15) is 0 Å². The summed E-state index contributed by atoms with van der Waals surface area (Å²) in [6, 6.07) is 103. The van der Waals surface area contributed by atoms with Crippen LogP contribution in [0, 0.1) is 0 Å². The van der Waals surface area contributed by atoms with E-state index in [9.17, 15) is 0 Å². The number of thiophene rings is 1. The SMILES string of the molecule is c1ccc(-n2c3ccccc3c3ccc(N(c4ccc(-c5ccc6c(c5)C(c5ccccc5)(c5ccccc5)c5ccccc5-6)cc4)c4ccc(-c5cccc6c5sc5c7ccccc7ccc65)cc4)cc32)cc1. The molecule has 0 atom stereocenters. The van der Waals surface area contributed by atoms with Crippen LogP contribution in [0.25, 0.3) is 91.8 Å². The fraction of sp³-hybridized carbons (Fsp3) is 0.0141. The van der Waals surface area contributed by atoms with E-state index in [1.807, 2.05) is 11.3 Å². The van der Waals surface area contributed by atoms with Gasteiger partial charge in [0.2, 0.25) is 0 Å². The maximum absolute atomic E-state index is 2.46. The van der Waals surface area contributed by atoms with Crippen LogP contribution >= 0.6 is 11.3 Å². The predicted molar refractivity (Wildman–Crippen MR) is 314 cm³/mol. The van der Waals surface area contributed by atoms with Gasteiger partial charge in [-0.25, -0.2) is 0 Å². The predicted octanol–water partition coefficient (Wildman–Crippen LogP) is 19.5. The third-order valence-electron chi connectivity index (χ3n) is 15.7. The van der Waals surface area contributed by atoms with Gasteiger partial charge in [-0.15, -0.1) is 11.3 Å². The minimum Gasteiger partial charge on any atom is -0.310 e. The van der Waals surface area contributed by atoms with Crippen LogP contribution in [0.4, 0.5) is 17.1 Å². The Morgan fingerprint density at radius 2 is 0.851 bits per heavy atom. The molecule has 0 fully saturated rings. The Balaban J connectivity index is 0.877. The highest BCUT2D eigenvalue weighted by Crippen LogP contribution is 2.57. The van der Waals surface area contributed by atoms with Gasteiger partial charge >= 0.3 is 0 Å². The van der Waals surface area contributed by atoms with Crippen LogP contribution in [0.3, 0.4) is 0 Å². The monoisotopic (exact) mass is 958 g/mol. The molecule has 14 aromatic rings. The van der Waals surface area contributed by atoms with Crippen molar-refractivity contribution in [2.45, 2.75) is 5.41 Å². The van der Waals surface area contributed by atoms with Gasteiger partial charge in [0.25, 0.3) is 0 Å². The summed E-state index contributed by atoms with van der Waals surface area (Å²) in [4.78, 5) is 2.42. The first-order valence-corrected chi connectivity index (χ1v) is 26.3. The second kappa shape index (κ2) is 16.9. The molecule has 0 unspecified atom stereocenters. The van der Waals surface area contributed by atoms with Crippen molar-refractivity contribution in [3.63, 3.8) is 0 Å². The quantitative estimate of drug-likeness (QED) is 0.147. The van der Waals surface area contributed by atoms with Crippen molar-refractivity contribution < 1.29 is 0 Å². The summed E-state index contributed by atoms with van der Waals surface area (Å²) in [6.45, 7) is 0. The van der Waals surface area contributed by atoms with Crippen LogP contribution in [0.15, 0.2) is 279 Å². The van der Waals surface area contributed by atoms with Crippen LogP contribution in [0.1, 0.15) is 22.3 Å².